The van der Waals surface area contributed by atoms with E-state index in [1.165, 1.54) is 23.2 Å². The van der Waals surface area contributed by atoms with Crippen LogP contribution in [0.4, 0.5) is 11.5 Å². The number of aromatic hydroxyl groups is 1. The molecule has 0 radical (unpaired) electrons. The molecule has 1 aromatic carbocycles. The van der Waals surface area contributed by atoms with Crippen LogP contribution in [0.5, 0.6) is 5.88 Å². The second-order valence-electron chi connectivity index (χ2n) is 5.80. The molecule has 0 spiro atoms. The fourth-order valence-electron chi connectivity index (χ4n) is 3.30. The molecular weight excluding hydrogens is 322 g/mol. The van der Waals surface area contributed by atoms with Crippen LogP contribution in [0.2, 0.25) is 0 Å². The van der Waals surface area contributed by atoms with Crippen LogP contribution in [-0.4, -0.2) is 20.1 Å². The molecule has 0 unspecified atom stereocenters. The standard InChI is InChI=1S/C17H13N5OS/c23-16-14(9-4-1-2-6-11(9)20-16)21-22-15-13-10-5-3-7-12(10)24-17(13)19-8-18-15/h1-2,4,6,8,20,23H,3,5,7H2. The Morgan fingerprint density at radius 2 is 2.04 bits per heavy atom. The van der Waals surface area contributed by atoms with Crippen molar-refractivity contribution in [3.63, 3.8) is 0 Å². The van der Waals surface area contributed by atoms with Crippen LogP contribution in [0.1, 0.15) is 16.9 Å². The molecule has 0 saturated heterocycles. The number of aromatic nitrogens is 3. The number of para-hydroxylation sites is 1. The fourth-order valence-corrected chi connectivity index (χ4v) is 4.52. The van der Waals surface area contributed by atoms with E-state index >= 15 is 0 Å². The van der Waals surface area contributed by atoms with E-state index in [0.717, 1.165) is 34.0 Å². The van der Waals surface area contributed by atoms with Crippen LogP contribution in [-0.2, 0) is 12.8 Å². The molecule has 3 aromatic heterocycles. The second kappa shape index (κ2) is 5.10. The van der Waals surface area contributed by atoms with Gasteiger partial charge in [-0.1, -0.05) is 18.2 Å². The average Bonchev–Trinajstić information content (AvgIpc) is 3.25. The van der Waals surface area contributed by atoms with Gasteiger partial charge in [-0.05, 0) is 30.9 Å². The minimum atomic E-state index is 0.0146. The number of fused-ring (bicyclic) bond motifs is 4. The molecule has 0 bridgehead atoms. The topological polar surface area (TPSA) is 86.5 Å². The zero-order chi connectivity index (χ0) is 16.1. The number of hydrogen-bond acceptors (Lipinski definition) is 6. The van der Waals surface area contributed by atoms with Gasteiger partial charge in [0.15, 0.2) is 11.5 Å². The summed E-state index contributed by atoms with van der Waals surface area (Å²) in [6.45, 7) is 0. The maximum atomic E-state index is 10.1. The minimum Gasteiger partial charge on any atom is -0.493 e. The summed E-state index contributed by atoms with van der Waals surface area (Å²) in [4.78, 5) is 13.9. The lowest BCUT2D eigenvalue weighted by Crippen LogP contribution is -1.82. The van der Waals surface area contributed by atoms with E-state index in [1.54, 1.807) is 11.3 Å². The number of rotatable bonds is 2. The molecular formula is C17H13N5OS. The van der Waals surface area contributed by atoms with E-state index in [9.17, 15) is 5.11 Å². The lowest BCUT2D eigenvalue weighted by molar-refractivity contribution is 0.459. The summed E-state index contributed by atoms with van der Waals surface area (Å²) in [7, 11) is 0. The molecule has 24 heavy (non-hydrogen) atoms. The first-order valence-electron chi connectivity index (χ1n) is 7.78. The van der Waals surface area contributed by atoms with E-state index in [4.69, 9.17) is 0 Å². The zero-order valence-electron chi connectivity index (χ0n) is 12.7. The Morgan fingerprint density at radius 3 is 3.00 bits per heavy atom. The SMILES string of the molecule is Oc1[nH]c2ccccc2c1N=Nc1ncnc2sc3c(c12)CCC3. The molecule has 6 nitrogen and oxygen atoms in total. The smallest absolute Gasteiger partial charge is 0.218 e. The van der Waals surface area contributed by atoms with Gasteiger partial charge in [0.25, 0.3) is 0 Å². The second-order valence-corrected chi connectivity index (χ2v) is 6.89. The summed E-state index contributed by atoms with van der Waals surface area (Å²) < 4.78 is 0. The summed E-state index contributed by atoms with van der Waals surface area (Å²) in [6.07, 6.45) is 4.85. The van der Waals surface area contributed by atoms with E-state index in [2.05, 4.69) is 25.2 Å². The van der Waals surface area contributed by atoms with Gasteiger partial charge in [0.2, 0.25) is 5.88 Å². The summed E-state index contributed by atoms with van der Waals surface area (Å²) in [6, 6.07) is 7.60. The number of aromatic amines is 1. The lowest BCUT2D eigenvalue weighted by Gasteiger charge is -1.97. The maximum absolute atomic E-state index is 10.1. The Balaban J connectivity index is 1.66. The Labute approximate surface area is 140 Å². The van der Waals surface area contributed by atoms with Crippen molar-refractivity contribution in [2.75, 3.05) is 0 Å². The predicted molar refractivity (Wildman–Crippen MR) is 93.6 cm³/mol. The summed E-state index contributed by atoms with van der Waals surface area (Å²) in [5.41, 5.74) is 2.57. The van der Waals surface area contributed by atoms with Gasteiger partial charge in [-0.2, -0.15) is 0 Å². The van der Waals surface area contributed by atoms with Crippen LogP contribution in [0, 0.1) is 0 Å². The van der Waals surface area contributed by atoms with E-state index in [1.807, 2.05) is 24.3 Å². The van der Waals surface area contributed by atoms with Crippen molar-refractivity contribution in [3.05, 3.63) is 41.0 Å². The number of nitrogens with zero attached hydrogens (tertiary/aromatic N) is 4. The largest absolute Gasteiger partial charge is 0.493 e. The Kier molecular flexibility index (Phi) is 2.90. The van der Waals surface area contributed by atoms with Gasteiger partial charge in [0, 0.05) is 10.3 Å². The molecule has 4 aromatic rings. The van der Waals surface area contributed by atoms with Crippen molar-refractivity contribution in [2.45, 2.75) is 19.3 Å². The van der Waals surface area contributed by atoms with Gasteiger partial charge in [0.05, 0.1) is 10.9 Å². The van der Waals surface area contributed by atoms with Crippen molar-refractivity contribution in [2.24, 2.45) is 10.2 Å². The highest BCUT2D eigenvalue weighted by Gasteiger charge is 2.21. The molecule has 1 aliphatic carbocycles. The van der Waals surface area contributed by atoms with Gasteiger partial charge in [-0.3, -0.25) is 0 Å². The third kappa shape index (κ3) is 1.94. The highest BCUT2D eigenvalue weighted by atomic mass is 32.1. The highest BCUT2D eigenvalue weighted by Crippen LogP contribution is 2.41. The van der Waals surface area contributed by atoms with Crippen LogP contribution in [0.25, 0.3) is 21.1 Å². The van der Waals surface area contributed by atoms with E-state index in [0.29, 0.717) is 11.5 Å². The van der Waals surface area contributed by atoms with Crippen LogP contribution in [0.3, 0.4) is 0 Å². The first kappa shape index (κ1) is 13.6. The Morgan fingerprint density at radius 1 is 1.12 bits per heavy atom. The van der Waals surface area contributed by atoms with Crippen molar-refractivity contribution in [1.29, 1.82) is 0 Å². The third-order valence-electron chi connectivity index (χ3n) is 4.39. The van der Waals surface area contributed by atoms with Gasteiger partial charge >= 0.3 is 0 Å². The number of nitrogens with one attached hydrogen (secondary N) is 1. The molecule has 118 valence electrons. The zero-order valence-corrected chi connectivity index (χ0v) is 13.5. The number of thiophene rings is 1. The van der Waals surface area contributed by atoms with Gasteiger partial charge in [-0.15, -0.1) is 21.6 Å². The molecule has 0 aliphatic heterocycles. The number of H-pyrrole nitrogens is 1. The van der Waals surface area contributed by atoms with Crippen molar-refractivity contribution < 1.29 is 5.11 Å². The van der Waals surface area contributed by atoms with Crippen molar-refractivity contribution in [3.8, 4) is 5.88 Å². The minimum absolute atomic E-state index is 0.0146. The number of azo groups is 1. The average molecular weight is 335 g/mol. The molecule has 0 fully saturated rings. The van der Waals surface area contributed by atoms with E-state index in [-0.39, 0.29) is 5.88 Å². The Hall–Kier alpha value is -2.80. The third-order valence-corrected chi connectivity index (χ3v) is 5.59. The molecule has 2 N–H and O–H groups in total. The molecule has 3 heterocycles. The highest BCUT2D eigenvalue weighted by molar-refractivity contribution is 7.19. The van der Waals surface area contributed by atoms with Crippen molar-refractivity contribution >= 4 is 44.0 Å². The molecule has 0 atom stereocenters. The number of aryl methyl sites for hydroxylation is 2. The quantitative estimate of drug-likeness (QED) is 0.517. The van der Waals surface area contributed by atoms with E-state index < -0.39 is 0 Å². The first-order chi connectivity index (χ1) is 11.8. The fraction of sp³-hybridized carbons (Fsp3) is 0.176. The van der Waals surface area contributed by atoms with Crippen LogP contribution < -0.4 is 0 Å². The summed E-state index contributed by atoms with van der Waals surface area (Å²) in [5.74, 6) is 0.588. The molecule has 5 rings (SSSR count). The summed E-state index contributed by atoms with van der Waals surface area (Å²) in [5, 5.41) is 20.6. The molecule has 0 amide bonds. The first-order valence-corrected chi connectivity index (χ1v) is 8.59. The summed E-state index contributed by atoms with van der Waals surface area (Å²) >= 11 is 1.72. The monoisotopic (exact) mass is 335 g/mol. The van der Waals surface area contributed by atoms with Crippen LogP contribution >= 0.6 is 11.3 Å². The predicted octanol–water partition coefficient (Wildman–Crippen LogP) is 4.78. The van der Waals surface area contributed by atoms with Gasteiger partial charge < -0.3 is 10.1 Å². The normalized spacial score (nSPS) is 14.2. The molecule has 0 saturated carbocycles. The maximum Gasteiger partial charge on any atom is 0.218 e. The van der Waals surface area contributed by atoms with Gasteiger partial charge in [-0.25, -0.2) is 9.97 Å². The van der Waals surface area contributed by atoms with Crippen molar-refractivity contribution in [1.82, 2.24) is 15.0 Å². The number of hydrogen-bond donors (Lipinski definition) is 2. The Bertz CT molecular complexity index is 1110. The van der Waals surface area contributed by atoms with Gasteiger partial charge in [0.1, 0.15) is 11.2 Å². The van der Waals surface area contributed by atoms with Crippen LogP contribution in [0.15, 0.2) is 40.8 Å². The lowest BCUT2D eigenvalue weighted by atomic mass is 10.2. The molecule has 1 aliphatic rings. The number of benzene rings is 1. The molecule has 7 heteroatoms.